The smallest absolute Gasteiger partial charge is 0.269 e. The number of aliphatic hydroxyl groups excluding tert-OH is 1. The first kappa shape index (κ1) is 19.8. The highest BCUT2D eigenvalue weighted by molar-refractivity contribution is 5.35. The van der Waals surface area contributed by atoms with E-state index >= 15 is 0 Å². The Balaban J connectivity index is 2.00. The molecule has 2 aromatic rings. The average molecular weight is 354 g/mol. The molecule has 0 aliphatic heterocycles. The highest BCUT2D eigenvalue weighted by Crippen LogP contribution is 2.21. The van der Waals surface area contributed by atoms with Gasteiger partial charge in [0.15, 0.2) is 0 Å². The monoisotopic (exact) mass is 354 g/mol. The predicted molar refractivity (Wildman–Crippen MR) is 104 cm³/mol. The van der Waals surface area contributed by atoms with E-state index in [1.165, 1.54) is 17.7 Å². The summed E-state index contributed by atoms with van der Waals surface area (Å²) in [6.07, 6.45) is 2.95. The second kappa shape index (κ2) is 9.85. The maximum Gasteiger partial charge on any atom is 0.269 e. The number of benzene rings is 2. The fourth-order valence-electron chi connectivity index (χ4n) is 2.98. The largest absolute Gasteiger partial charge is 0.387 e. The van der Waals surface area contributed by atoms with Gasteiger partial charge in [-0.25, -0.2) is 0 Å². The number of aliphatic hydroxyl groups is 1. The van der Waals surface area contributed by atoms with Crippen LogP contribution in [0.5, 0.6) is 0 Å². The van der Waals surface area contributed by atoms with Crippen molar-refractivity contribution in [2.75, 3.05) is 13.1 Å². The van der Waals surface area contributed by atoms with Crippen molar-refractivity contribution in [1.29, 1.82) is 0 Å². The second-order valence-electron chi connectivity index (χ2n) is 6.48. The van der Waals surface area contributed by atoms with Gasteiger partial charge in [-0.2, -0.15) is 0 Å². The summed E-state index contributed by atoms with van der Waals surface area (Å²) >= 11 is 0. The summed E-state index contributed by atoms with van der Waals surface area (Å²) in [6, 6.07) is 16.7. The zero-order chi connectivity index (χ0) is 18.9. The first-order valence-electron chi connectivity index (χ1n) is 8.82. The minimum absolute atomic E-state index is 0.00560. The summed E-state index contributed by atoms with van der Waals surface area (Å²) in [5.74, 6) is 0. The van der Waals surface area contributed by atoms with Crippen molar-refractivity contribution in [3.05, 3.63) is 88.5 Å². The molecular weight excluding hydrogens is 328 g/mol. The quantitative estimate of drug-likeness (QED) is 0.396. The molecule has 0 spiro atoms. The van der Waals surface area contributed by atoms with Gasteiger partial charge in [0, 0.05) is 31.3 Å². The van der Waals surface area contributed by atoms with Crippen LogP contribution in [0, 0.1) is 10.1 Å². The topological polar surface area (TPSA) is 66.6 Å². The Morgan fingerprint density at radius 3 is 2.62 bits per heavy atom. The van der Waals surface area contributed by atoms with Crippen LogP contribution in [0.25, 0.3) is 0 Å². The average Bonchev–Trinajstić information content (AvgIpc) is 2.66. The first-order valence-corrected chi connectivity index (χ1v) is 8.82. The summed E-state index contributed by atoms with van der Waals surface area (Å²) in [6.45, 7) is 7.00. The minimum atomic E-state index is -0.783. The van der Waals surface area contributed by atoms with Crippen molar-refractivity contribution in [2.45, 2.75) is 31.9 Å². The number of non-ortho nitro benzene ring substituents is 1. The Kier molecular flexibility index (Phi) is 7.51. The van der Waals surface area contributed by atoms with Gasteiger partial charge in [-0.3, -0.25) is 15.0 Å². The van der Waals surface area contributed by atoms with Gasteiger partial charge < -0.3 is 5.11 Å². The SMILES string of the molecule is C=CCN(C[C@@H](O)c1cccc([N+](=O)[O-])c1)[C@@H](C)CCc1ccccc1. The number of aryl methyl sites for hydroxylation is 1. The van der Waals surface area contributed by atoms with E-state index in [9.17, 15) is 15.2 Å². The highest BCUT2D eigenvalue weighted by Gasteiger charge is 2.19. The molecular formula is C21H26N2O3. The molecule has 2 atom stereocenters. The van der Waals surface area contributed by atoms with Crippen LogP contribution in [0.4, 0.5) is 5.69 Å². The molecule has 2 rings (SSSR count). The zero-order valence-corrected chi connectivity index (χ0v) is 15.1. The van der Waals surface area contributed by atoms with Gasteiger partial charge in [0.1, 0.15) is 0 Å². The molecule has 138 valence electrons. The van der Waals surface area contributed by atoms with Gasteiger partial charge in [0.25, 0.3) is 5.69 Å². The Morgan fingerprint density at radius 2 is 1.96 bits per heavy atom. The number of hydrogen-bond acceptors (Lipinski definition) is 4. The first-order chi connectivity index (χ1) is 12.5. The van der Waals surface area contributed by atoms with Crippen molar-refractivity contribution in [3.63, 3.8) is 0 Å². The van der Waals surface area contributed by atoms with E-state index in [0.29, 0.717) is 18.7 Å². The van der Waals surface area contributed by atoms with E-state index < -0.39 is 11.0 Å². The van der Waals surface area contributed by atoms with Crippen molar-refractivity contribution >= 4 is 5.69 Å². The molecule has 26 heavy (non-hydrogen) atoms. The van der Waals surface area contributed by atoms with E-state index in [1.54, 1.807) is 12.1 Å². The third-order valence-corrected chi connectivity index (χ3v) is 4.55. The van der Waals surface area contributed by atoms with E-state index in [-0.39, 0.29) is 11.7 Å². The predicted octanol–water partition coefficient (Wildman–Crippen LogP) is 4.14. The molecule has 2 aromatic carbocycles. The summed E-state index contributed by atoms with van der Waals surface area (Å²) in [5.41, 5.74) is 1.84. The lowest BCUT2D eigenvalue weighted by Crippen LogP contribution is -2.37. The fraction of sp³-hybridized carbons (Fsp3) is 0.333. The number of nitrogens with zero attached hydrogens (tertiary/aromatic N) is 2. The lowest BCUT2D eigenvalue weighted by Gasteiger charge is -2.30. The van der Waals surface area contributed by atoms with Crippen LogP contribution in [-0.4, -0.2) is 34.1 Å². The van der Waals surface area contributed by atoms with Crippen molar-refractivity contribution in [1.82, 2.24) is 4.90 Å². The van der Waals surface area contributed by atoms with E-state index in [0.717, 1.165) is 12.8 Å². The molecule has 5 heteroatoms. The van der Waals surface area contributed by atoms with Crippen LogP contribution in [0.1, 0.15) is 30.6 Å². The van der Waals surface area contributed by atoms with E-state index in [2.05, 4.69) is 30.5 Å². The molecule has 0 radical (unpaired) electrons. The summed E-state index contributed by atoms with van der Waals surface area (Å²) in [5, 5.41) is 21.5. The minimum Gasteiger partial charge on any atom is -0.387 e. The Bertz CT molecular complexity index is 718. The Hall–Kier alpha value is -2.50. The summed E-state index contributed by atoms with van der Waals surface area (Å²) in [7, 11) is 0. The van der Waals surface area contributed by atoms with Crippen molar-refractivity contribution in [3.8, 4) is 0 Å². The van der Waals surface area contributed by atoms with E-state index in [1.807, 2.05) is 24.3 Å². The standard InChI is InChI=1S/C21H26N2O3/c1-3-14-22(17(2)12-13-18-8-5-4-6-9-18)16-21(24)19-10-7-11-20(15-19)23(25)26/h3-11,15,17,21,24H,1,12-14,16H2,2H3/t17-,21+/m0/s1. The summed E-state index contributed by atoms with van der Waals surface area (Å²) < 4.78 is 0. The molecule has 5 nitrogen and oxygen atoms in total. The van der Waals surface area contributed by atoms with Crippen LogP contribution >= 0.6 is 0 Å². The van der Waals surface area contributed by atoms with Gasteiger partial charge in [-0.15, -0.1) is 6.58 Å². The maximum absolute atomic E-state index is 10.9. The molecule has 0 aliphatic rings. The third-order valence-electron chi connectivity index (χ3n) is 4.55. The lowest BCUT2D eigenvalue weighted by molar-refractivity contribution is -0.385. The van der Waals surface area contributed by atoms with Gasteiger partial charge in [0.05, 0.1) is 11.0 Å². The number of rotatable bonds is 10. The van der Waals surface area contributed by atoms with Crippen LogP contribution in [0.2, 0.25) is 0 Å². The van der Waals surface area contributed by atoms with Crippen LogP contribution < -0.4 is 0 Å². The number of hydrogen-bond donors (Lipinski definition) is 1. The Morgan fingerprint density at radius 1 is 1.23 bits per heavy atom. The Labute approximate surface area is 154 Å². The van der Waals surface area contributed by atoms with Gasteiger partial charge in [-0.1, -0.05) is 48.5 Å². The van der Waals surface area contributed by atoms with Gasteiger partial charge >= 0.3 is 0 Å². The molecule has 0 bridgehead atoms. The molecule has 0 saturated heterocycles. The van der Waals surface area contributed by atoms with Gasteiger partial charge in [-0.05, 0) is 30.9 Å². The number of nitro groups is 1. The van der Waals surface area contributed by atoms with E-state index in [4.69, 9.17) is 0 Å². The maximum atomic E-state index is 10.9. The second-order valence-corrected chi connectivity index (χ2v) is 6.48. The third kappa shape index (κ3) is 5.79. The molecule has 0 unspecified atom stereocenters. The van der Waals surface area contributed by atoms with Crippen LogP contribution in [0.15, 0.2) is 67.3 Å². The molecule has 0 fully saturated rings. The molecule has 0 aromatic heterocycles. The fourth-order valence-corrected chi connectivity index (χ4v) is 2.98. The van der Waals surface area contributed by atoms with Gasteiger partial charge in [0.2, 0.25) is 0 Å². The highest BCUT2D eigenvalue weighted by atomic mass is 16.6. The number of nitro benzene ring substituents is 1. The normalized spacial score (nSPS) is 13.3. The molecule has 0 aliphatic carbocycles. The zero-order valence-electron chi connectivity index (χ0n) is 15.1. The molecule has 1 N–H and O–H groups in total. The van der Waals surface area contributed by atoms with Crippen molar-refractivity contribution in [2.24, 2.45) is 0 Å². The molecule has 0 amide bonds. The molecule has 0 heterocycles. The summed E-state index contributed by atoms with van der Waals surface area (Å²) in [4.78, 5) is 12.6. The van der Waals surface area contributed by atoms with Crippen LogP contribution in [-0.2, 0) is 6.42 Å². The van der Waals surface area contributed by atoms with Crippen molar-refractivity contribution < 1.29 is 10.0 Å². The van der Waals surface area contributed by atoms with Crippen LogP contribution in [0.3, 0.4) is 0 Å². The lowest BCUT2D eigenvalue weighted by atomic mass is 10.0. The molecule has 0 saturated carbocycles.